The Kier molecular flexibility index (Phi) is 4.48. The minimum atomic E-state index is 0.166. The smallest absolute Gasteiger partial charge is 0.227 e. The standard InChI is InChI=1S/C17H26N2O/c1-13(17(2,3)4)11-16(20)19-10-9-18-12-14-7-5-6-8-15(14)19/h5-8,13,18H,9-12H2,1-4H3. The fraction of sp³-hybridized carbons (Fsp3) is 0.588. The second-order valence-corrected chi connectivity index (χ2v) is 6.82. The molecule has 0 fully saturated rings. The van der Waals surface area contributed by atoms with Crippen LogP contribution in [0.1, 0.15) is 39.7 Å². The fourth-order valence-corrected chi connectivity index (χ4v) is 2.40. The van der Waals surface area contributed by atoms with Crippen LogP contribution < -0.4 is 10.2 Å². The van der Waals surface area contributed by atoms with Gasteiger partial charge in [-0.1, -0.05) is 45.9 Å². The molecule has 0 saturated carbocycles. The molecule has 110 valence electrons. The number of benzene rings is 1. The van der Waals surface area contributed by atoms with Crippen molar-refractivity contribution < 1.29 is 4.79 Å². The van der Waals surface area contributed by atoms with E-state index in [-0.39, 0.29) is 11.3 Å². The average molecular weight is 274 g/mol. The molecule has 0 bridgehead atoms. The molecular formula is C17H26N2O. The van der Waals surface area contributed by atoms with Gasteiger partial charge >= 0.3 is 0 Å². The fourth-order valence-electron chi connectivity index (χ4n) is 2.40. The highest BCUT2D eigenvalue weighted by Gasteiger charge is 2.27. The van der Waals surface area contributed by atoms with Gasteiger partial charge in [0.15, 0.2) is 0 Å². The number of rotatable bonds is 2. The minimum Gasteiger partial charge on any atom is -0.311 e. The monoisotopic (exact) mass is 274 g/mol. The molecule has 0 aromatic heterocycles. The van der Waals surface area contributed by atoms with Crippen LogP contribution in [-0.4, -0.2) is 19.0 Å². The van der Waals surface area contributed by atoms with Crippen molar-refractivity contribution in [3.8, 4) is 0 Å². The van der Waals surface area contributed by atoms with Crippen molar-refractivity contribution in [3.63, 3.8) is 0 Å². The van der Waals surface area contributed by atoms with Crippen LogP contribution >= 0.6 is 0 Å². The molecule has 1 aromatic rings. The third-order valence-electron chi connectivity index (χ3n) is 4.37. The zero-order chi connectivity index (χ0) is 14.8. The van der Waals surface area contributed by atoms with Gasteiger partial charge in [0.2, 0.25) is 5.91 Å². The molecule has 0 saturated heterocycles. The Hall–Kier alpha value is -1.35. The summed E-state index contributed by atoms with van der Waals surface area (Å²) in [5.74, 6) is 0.613. The molecule has 0 aliphatic carbocycles. The molecular weight excluding hydrogens is 248 g/mol. The van der Waals surface area contributed by atoms with E-state index in [1.54, 1.807) is 0 Å². The minimum absolute atomic E-state index is 0.166. The highest BCUT2D eigenvalue weighted by molar-refractivity contribution is 5.94. The molecule has 0 spiro atoms. The predicted octanol–water partition coefficient (Wildman–Crippen LogP) is 3.20. The van der Waals surface area contributed by atoms with Crippen LogP contribution in [0.3, 0.4) is 0 Å². The van der Waals surface area contributed by atoms with E-state index in [1.165, 1.54) is 5.56 Å². The quantitative estimate of drug-likeness (QED) is 0.898. The Morgan fingerprint density at radius 3 is 2.75 bits per heavy atom. The summed E-state index contributed by atoms with van der Waals surface area (Å²) in [5, 5.41) is 3.38. The van der Waals surface area contributed by atoms with Gasteiger partial charge in [0.05, 0.1) is 0 Å². The molecule has 1 aliphatic heterocycles. The molecule has 1 unspecified atom stereocenters. The number of fused-ring (bicyclic) bond motifs is 1. The number of hydrogen-bond acceptors (Lipinski definition) is 2. The Morgan fingerprint density at radius 2 is 2.05 bits per heavy atom. The second kappa shape index (κ2) is 5.96. The molecule has 0 radical (unpaired) electrons. The van der Waals surface area contributed by atoms with Gasteiger partial charge < -0.3 is 10.2 Å². The van der Waals surface area contributed by atoms with Crippen LogP contribution in [0.2, 0.25) is 0 Å². The van der Waals surface area contributed by atoms with Crippen molar-refractivity contribution in [2.24, 2.45) is 11.3 Å². The van der Waals surface area contributed by atoms with Gasteiger partial charge in [0, 0.05) is 31.7 Å². The lowest BCUT2D eigenvalue weighted by molar-refractivity contribution is -0.120. The van der Waals surface area contributed by atoms with Crippen LogP contribution in [0.25, 0.3) is 0 Å². The molecule has 20 heavy (non-hydrogen) atoms. The summed E-state index contributed by atoms with van der Waals surface area (Å²) < 4.78 is 0. The molecule has 1 N–H and O–H groups in total. The van der Waals surface area contributed by atoms with E-state index in [0.29, 0.717) is 12.3 Å². The number of anilines is 1. The molecule has 3 heteroatoms. The van der Waals surface area contributed by atoms with Crippen molar-refractivity contribution in [1.82, 2.24) is 5.32 Å². The lowest BCUT2D eigenvalue weighted by atomic mass is 9.80. The number of carbonyl (C=O) groups is 1. The van der Waals surface area contributed by atoms with Gasteiger partial charge in [-0.3, -0.25) is 4.79 Å². The van der Waals surface area contributed by atoms with E-state index in [9.17, 15) is 4.79 Å². The summed E-state index contributed by atoms with van der Waals surface area (Å²) in [6.45, 7) is 11.2. The van der Waals surface area contributed by atoms with Gasteiger partial charge in [-0.2, -0.15) is 0 Å². The summed E-state index contributed by atoms with van der Waals surface area (Å²) in [7, 11) is 0. The first-order valence-corrected chi connectivity index (χ1v) is 7.48. The second-order valence-electron chi connectivity index (χ2n) is 6.82. The zero-order valence-electron chi connectivity index (χ0n) is 13.1. The largest absolute Gasteiger partial charge is 0.311 e. The van der Waals surface area contributed by atoms with E-state index < -0.39 is 0 Å². The average Bonchev–Trinajstić information content (AvgIpc) is 2.59. The molecule has 1 amide bonds. The van der Waals surface area contributed by atoms with Gasteiger partial charge in [-0.15, -0.1) is 0 Å². The summed E-state index contributed by atoms with van der Waals surface area (Å²) in [4.78, 5) is 14.6. The Bertz CT molecular complexity index is 476. The number of hydrogen-bond donors (Lipinski definition) is 1. The van der Waals surface area contributed by atoms with E-state index >= 15 is 0 Å². The van der Waals surface area contributed by atoms with Crippen LogP contribution in [0, 0.1) is 11.3 Å². The molecule has 1 aliphatic rings. The van der Waals surface area contributed by atoms with Crippen LogP contribution in [0.15, 0.2) is 24.3 Å². The lowest BCUT2D eigenvalue weighted by Crippen LogP contribution is -2.37. The Balaban J connectivity index is 2.18. The first kappa shape index (κ1) is 15.0. The number of para-hydroxylation sites is 1. The summed E-state index contributed by atoms with van der Waals surface area (Å²) >= 11 is 0. The number of amides is 1. The Labute approximate surface area is 122 Å². The molecule has 3 nitrogen and oxygen atoms in total. The summed E-state index contributed by atoms with van der Waals surface area (Å²) in [6.07, 6.45) is 0.609. The van der Waals surface area contributed by atoms with E-state index in [1.807, 2.05) is 17.0 Å². The van der Waals surface area contributed by atoms with Gasteiger partial charge in [-0.25, -0.2) is 0 Å². The highest BCUT2D eigenvalue weighted by atomic mass is 16.2. The maximum Gasteiger partial charge on any atom is 0.227 e. The topological polar surface area (TPSA) is 32.3 Å². The third-order valence-corrected chi connectivity index (χ3v) is 4.37. The predicted molar refractivity (Wildman–Crippen MR) is 83.7 cm³/mol. The van der Waals surface area contributed by atoms with Crippen LogP contribution in [0.5, 0.6) is 0 Å². The van der Waals surface area contributed by atoms with Crippen molar-refractivity contribution >= 4 is 11.6 Å². The number of nitrogens with one attached hydrogen (secondary N) is 1. The zero-order valence-corrected chi connectivity index (χ0v) is 13.1. The molecule has 1 aromatic carbocycles. The highest BCUT2D eigenvalue weighted by Crippen LogP contribution is 2.30. The van der Waals surface area contributed by atoms with Gasteiger partial charge in [0.1, 0.15) is 0 Å². The normalized spacial score (nSPS) is 17.3. The lowest BCUT2D eigenvalue weighted by Gasteiger charge is -2.30. The summed E-state index contributed by atoms with van der Waals surface area (Å²) in [5.41, 5.74) is 2.45. The van der Waals surface area contributed by atoms with Gasteiger partial charge in [-0.05, 0) is 23.0 Å². The third kappa shape index (κ3) is 3.40. The molecule has 1 atom stereocenters. The number of carbonyl (C=O) groups excluding carboxylic acids is 1. The van der Waals surface area contributed by atoms with Crippen LogP contribution in [0.4, 0.5) is 5.69 Å². The molecule has 1 heterocycles. The summed E-state index contributed by atoms with van der Waals surface area (Å²) in [6, 6.07) is 8.20. The van der Waals surface area contributed by atoms with Crippen molar-refractivity contribution in [3.05, 3.63) is 29.8 Å². The first-order chi connectivity index (χ1) is 9.39. The first-order valence-electron chi connectivity index (χ1n) is 7.48. The SMILES string of the molecule is CC(CC(=O)N1CCNCc2ccccc21)C(C)(C)C. The van der Waals surface area contributed by atoms with Crippen molar-refractivity contribution in [2.75, 3.05) is 18.0 Å². The van der Waals surface area contributed by atoms with Gasteiger partial charge in [0.25, 0.3) is 0 Å². The van der Waals surface area contributed by atoms with E-state index in [4.69, 9.17) is 0 Å². The van der Waals surface area contributed by atoms with Crippen molar-refractivity contribution in [1.29, 1.82) is 0 Å². The van der Waals surface area contributed by atoms with E-state index in [2.05, 4.69) is 45.1 Å². The maximum atomic E-state index is 12.7. The number of nitrogens with zero attached hydrogens (tertiary/aromatic N) is 1. The molecule has 2 rings (SSSR count). The van der Waals surface area contributed by atoms with Crippen molar-refractivity contribution in [2.45, 2.75) is 40.7 Å². The van der Waals surface area contributed by atoms with Crippen LogP contribution in [-0.2, 0) is 11.3 Å². The van der Waals surface area contributed by atoms with E-state index in [0.717, 1.165) is 25.3 Å². The maximum absolute atomic E-state index is 12.7. The Morgan fingerprint density at radius 1 is 1.35 bits per heavy atom.